The van der Waals surface area contributed by atoms with Gasteiger partial charge >= 0.3 is 0 Å². The predicted molar refractivity (Wildman–Crippen MR) is 75.5 cm³/mol. The number of amides is 1. The third-order valence-corrected chi connectivity index (χ3v) is 2.82. The summed E-state index contributed by atoms with van der Waals surface area (Å²) in [6, 6.07) is 1.70. The Morgan fingerprint density at radius 2 is 2.05 bits per heavy atom. The summed E-state index contributed by atoms with van der Waals surface area (Å²) in [4.78, 5) is 11.9. The van der Waals surface area contributed by atoms with Crippen LogP contribution in [0.25, 0.3) is 0 Å². The molecule has 0 aliphatic carbocycles. The van der Waals surface area contributed by atoms with E-state index in [0.29, 0.717) is 18.2 Å². The first-order valence-electron chi connectivity index (χ1n) is 6.64. The van der Waals surface area contributed by atoms with Crippen molar-refractivity contribution in [2.24, 2.45) is 5.41 Å². The maximum absolute atomic E-state index is 11.9. The third-order valence-electron chi connectivity index (χ3n) is 2.82. The van der Waals surface area contributed by atoms with Crippen LogP contribution in [-0.4, -0.2) is 36.0 Å². The highest BCUT2D eigenvalue weighted by molar-refractivity contribution is 5.93. The minimum absolute atomic E-state index is 0.0121. The minimum Gasteiger partial charge on any atom is -0.394 e. The van der Waals surface area contributed by atoms with E-state index in [1.807, 2.05) is 34.6 Å². The molecule has 114 valence electrons. The highest BCUT2D eigenvalue weighted by Crippen LogP contribution is 2.26. The summed E-state index contributed by atoms with van der Waals surface area (Å²) in [5.74, 6) is 0.199. The lowest BCUT2D eigenvalue weighted by Crippen LogP contribution is -2.27. The number of aromatic nitrogens is 1. The summed E-state index contributed by atoms with van der Waals surface area (Å²) in [6.45, 7) is 10.1. The van der Waals surface area contributed by atoms with Gasteiger partial charge in [-0.25, -0.2) is 0 Å². The molecule has 0 fully saturated rings. The number of ether oxygens (including phenoxy) is 1. The molecule has 6 nitrogen and oxygen atoms in total. The molecule has 2 N–H and O–H groups in total. The first-order chi connectivity index (χ1) is 9.16. The highest BCUT2D eigenvalue weighted by atomic mass is 16.5. The van der Waals surface area contributed by atoms with E-state index in [1.165, 1.54) is 0 Å². The maximum atomic E-state index is 11.9. The van der Waals surface area contributed by atoms with E-state index in [1.54, 1.807) is 6.07 Å². The van der Waals surface area contributed by atoms with Crippen molar-refractivity contribution >= 4 is 11.8 Å². The number of hydrogen-bond acceptors (Lipinski definition) is 5. The van der Waals surface area contributed by atoms with Crippen LogP contribution in [0.2, 0.25) is 0 Å². The van der Waals surface area contributed by atoms with Crippen molar-refractivity contribution in [3.8, 4) is 0 Å². The Labute approximate surface area is 119 Å². The lowest BCUT2D eigenvalue weighted by Gasteiger charge is -2.21. The molecule has 0 aliphatic rings. The molecule has 1 amide bonds. The van der Waals surface area contributed by atoms with Gasteiger partial charge in [0.1, 0.15) is 0 Å². The van der Waals surface area contributed by atoms with Crippen molar-refractivity contribution in [3.63, 3.8) is 0 Å². The van der Waals surface area contributed by atoms with Crippen molar-refractivity contribution in [2.75, 3.05) is 25.1 Å². The molecular formula is C14H24N2O4. The second-order valence-electron chi connectivity index (χ2n) is 6.44. The molecule has 20 heavy (non-hydrogen) atoms. The molecular weight excluding hydrogens is 260 g/mol. The highest BCUT2D eigenvalue weighted by Gasteiger charge is 2.27. The quantitative estimate of drug-likeness (QED) is 0.780. The Morgan fingerprint density at radius 3 is 2.60 bits per heavy atom. The van der Waals surface area contributed by atoms with Crippen molar-refractivity contribution in [2.45, 2.75) is 40.0 Å². The molecule has 0 aromatic carbocycles. The Hall–Kier alpha value is -1.40. The average molecular weight is 284 g/mol. The molecule has 1 rings (SSSR count). The molecule has 6 heteroatoms. The van der Waals surface area contributed by atoms with Gasteiger partial charge in [-0.05, 0) is 0 Å². The number of nitrogens with one attached hydrogen (secondary N) is 1. The molecule has 1 aromatic heterocycles. The van der Waals surface area contributed by atoms with Gasteiger partial charge in [0.15, 0.2) is 0 Å². The summed E-state index contributed by atoms with van der Waals surface area (Å²) in [7, 11) is 0. The van der Waals surface area contributed by atoms with Gasteiger partial charge in [0, 0.05) is 16.9 Å². The zero-order chi connectivity index (χ0) is 15.4. The summed E-state index contributed by atoms with van der Waals surface area (Å²) in [5.41, 5.74) is -0.157. The number of rotatable bonds is 6. The summed E-state index contributed by atoms with van der Waals surface area (Å²) >= 11 is 0. The molecule has 0 bridgehead atoms. The zero-order valence-corrected chi connectivity index (χ0v) is 12.8. The summed E-state index contributed by atoms with van der Waals surface area (Å²) in [5, 5.41) is 15.4. The smallest absolute Gasteiger partial charge is 0.232 e. The van der Waals surface area contributed by atoms with E-state index >= 15 is 0 Å². The van der Waals surface area contributed by atoms with Gasteiger partial charge in [0.2, 0.25) is 11.8 Å². The Bertz CT molecular complexity index is 446. The largest absolute Gasteiger partial charge is 0.394 e. The van der Waals surface area contributed by atoms with Crippen LogP contribution in [0.1, 0.15) is 40.3 Å². The Morgan fingerprint density at radius 1 is 1.40 bits per heavy atom. The van der Waals surface area contributed by atoms with Crippen LogP contribution < -0.4 is 5.32 Å². The van der Waals surface area contributed by atoms with Gasteiger partial charge in [-0.1, -0.05) is 39.8 Å². The van der Waals surface area contributed by atoms with Crippen LogP contribution in [0.3, 0.4) is 0 Å². The zero-order valence-electron chi connectivity index (χ0n) is 12.8. The van der Waals surface area contributed by atoms with Crippen molar-refractivity contribution in [1.82, 2.24) is 5.16 Å². The van der Waals surface area contributed by atoms with E-state index < -0.39 is 5.41 Å². The van der Waals surface area contributed by atoms with Gasteiger partial charge in [-0.15, -0.1) is 0 Å². The standard InChI is InChI=1S/C14H24N2O4/c1-13(2,3)12(18)15-11-8-10(16-20-11)14(4,5)9-19-7-6-17/h8,17H,6-7,9H2,1-5H3,(H,15,18). The van der Waals surface area contributed by atoms with Gasteiger partial charge in [0.25, 0.3) is 0 Å². The first-order valence-corrected chi connectivity index (χ1v) is 6.64. The molecule has 0 radical (unpaired) electrons. The monoisotopic (exact) mass is 284 g/mol. The number of nitrogens with zero attached hydrogens (tertiary/aromatic N) is 1. The van der Waals surface area contributed by atoms with Crippen LogP contribution in [0, 0.1) is 5.41 Å². The second kappa shape index (κ2) is 6.37. The lowest BCUT2D eigenvalue weighted by molar-refractivity contribution is -0.123. The SMILES string of the molecule is CC(C)(C)C(=O)Nc1cc(C(C)(C)COCCO)no1. The fourth-order valence-electron chi connectivity index (χ4n) is 1.42. The molecule has 0 aliphatic heterocycles. The average Bonchev–Trinajstić information content (AvgIpc) is 2.77. The minimum atomic E-state index is -0.493. The molecule has 0 unspecified atom stereocenters. The number of anilines is 1. The number of hydrogen-bond donors (Lipinski definition) is 2. The van der Waals surface area contributed by atoms with Gasteiger partial charge in [-0.2, -0.15) is 0 Å². The predicted octanol–water partition coefficient (Wildman–Crippen LogP) is 1.95. The fourth-order valence-corrected chi connectivity index (χ4v) is 1.42. The Balaban J connectivity index is 2.69. The second-order valence-corrected chi connectivity index (χ2v) is 6.44. The van der Waals surface area contributed by atoms with E-state index in [0.717, 1.165) is 0 Å². The topological polar surface area (TPSA) is 84.6 Å². The van der Waals surface area contributed by atoms with Crippen LogP contribution in [-0.2, 0) is 14.9 Å². The number of carbonyl (C=O) groups excluding carboxylic acids is 1. The van der Waals surface area contributed by atoms with Gasteiger partial charge < -0.3 is 14.4 Å². The van der Waals surface area contributed by atoms with Crippen molar-refractivity contribution in [1.29, 1.82) is 0 Å². The molecule has 0 saturated carbocycles. The van der Waals surface area contributed by atoms with Gasteiger partial charge in [-0.3, -0.25) is 10.1 Å². The summed E-state index contributed by atoms with van der Waals surface area (Å²) < 4.78 is 10.5. The van der Waals surface area contributed by atoms with E-state index in [4.69, 9.17) is 14.4 Å². The molecule has 0 saturated heterocycles. The fraction of sp³-hybridized carbons (Fsp3) is 0.714. The molecule has 0 spiro atoms. The van der Waals surface area contributed by atoms with Gasteiger partial charge in [0.05, 0.1) is 25.5 Å². The summed E-state index contributed by atoms with van der Waals surface area (Å²) in [6.07, 6.45) is 0. The number of carbonyl (C=O) groups is 1. The molecule has 1 heterocycles. The van der Waals surface area contributed by atoms with Crippen LogP contribution >= 0.6 is 0 Å². The van der Waals surface area contributed by atoms with Crippen LogP contribution in [0.5, 0.6) is 0 Å². The third kappa shape index (κ3) is 4.61. The Kier molecular flexibility index (Phi) is 5.30. The number of aliphatic hydroxyl groups excluding tert-OH is 1. The van der Waals surface area contributed by atoms with E-state index in [2.05, 4.69) is 10.5 Å². The molecule has 0 atom stereocenters. The van der Waals surface area contributed by atoms with Crippen molar-refractivity contribution in [3.05, 3.63) is 11.8 Å². The van der Waals surface area contributed by atoms with Crippen molar-refractivity contribution < 1.29 is 19.2 Å². The normalized spacial score (nSPS) is 12.5. The van der Waals surface area contributed by atoms with E-state index in [-0.39, 0.29) is 24.5 Å². The van der Waals surface area contributed by atoms with Crippen LogP contribution in [0.4, 0.5) is 5.88 Å². The number of aliphatic hydroxyl groups is 1. The molecule has 1 aromatic rings. The maximum Gasteiger partial charge on any atom is 0.232 e. The lowest BCUT2D eigenvalue weighted by atomic mass is 9.90. The van der Waals surface area contributed by atoms with Crippen LogP contribution in [0.15, 0.2) is 10.6 Å². The van der Waals surface area contributed by atoms with E-state index in [9.17, 15) is 4.79 Å². The first kappa shape index (κ1) is 16.7.